The van der Waals surface area contributed by atoms with E-state index in [1.165, 1.54) is 16.6 Å². The third-order valence-corrected chi connectivity index (χ3v) is 4.99. The average Bonchev–Trinajstić information content (AvgIpc) is 3.08. The van der Waals surface area contributed by atoms with Gasteiger partial charge in [-0.25, -0.2) is 4.98 Å². The maximum atomic E-state index is 4.98. The number of aryl methyl sites for hydroxylation is 1. The minimum absolute atomic E-state index is 0.981. The van der Waals surface area contributed by atoms with Crippen molar-refractivity contribution < 1.29 is 0 Å². The fourth-order valence-corrected chi connectivity index (χ4v) is 3.69. The summed E-state index contributed by atoms with van der Waals surface area (Å²) in [7, 11) is 0. The molecule has 2 aromatic heterocycles. The molecular formula is C26H24N2. The second-order valence-corrected chi connectivity index (χ2v) is 6.89. The third-order valence-electron chi connectivity index (χ3n) is 4.99. The van der Waals surface area contributed by atoms with E-state index in [9.17, 15) is 0 Å². The topological polar surface area (TPSA) is 17.8 Å². The Morgan fingerprint density at radius 2 is 1.64 bits per heavy atom. The summed E-state index contributed by atoms with van der Waals surface area (Å²) in [5.74, 6) is 0. The Hall–Kier alpha value is -3.39. The number of benzene rings is 2. The van der Waals surface area contributed by atoms with E-state index in [1.807, 2.05) is 13.0 Å². The Bertz CT molecular complexity index is 1180. The number of fused-ring (bicyclic) bond motifs is 1. The first kappa shape index (κ1) is 18.0. The molecular weight excluding hydrogens is 340 g/mol. The van der Waals surface area contributed by atoms with E-state index >= 15 is 0 Å². The molecule has 28 heavy (non-hydrogen) atoms. The van der Waals surface area contributed by atoms with Crippen LogP contribution in [0.5, 0.6) is 0 Å². The summed E-state index contributed by atoms with van der Waals surface area (Å²) in [5.41, 5.74) is 7.76. The van der Waals surface area contributed by atoms with Crippen molar-refractivity contribution in [3.05, 3.63) is 102 Å². The zero-order chi connectivity index (χ0) is 19.5. The normalized spacial score (nSPS) is 12.2. The van der Waals surface area contributed by atoms with E-state index in [0.717, 1.165) is 28.2 Å². The lowest BCUT2D eigenvalue weighted by Gasteiger charge is -2.14. The number of allylic oxidation sites excluding steroid dienone is 4. The molecule has 2 aromatic carbocycles. The SMILES string of the molecule is C/C=C\C(=C/C)c1cc(-n2c(C)cc3ccccc32)cc(-c2ccccc2)n1. The van der Waals surface area contributed by atoms with Gasteiger partial charge in [0.15, 0.2) is 0 Å². The largest absolute Gasteiger partial charge is 0.314 e. The summed E-state index contributed by atoms with van der Waals surface area (Å²) in [4.78, 5) is 4.98. The monoisotopic (exact) mass is 364 g/mol. The van der Waals surface area contributed by atoms with Crippen LogP contribution in [0.3, 0.4) is 0 Å². The first-order valence-electron chi connectivity index (χ1n) is 9.65. The van der Waals surface area contributed by atoms with Crippen molar-refractivity contribution in [2.75, 3.05) is 0 Å². The molecule has 0 amide bonds. The summed E-state index contributed by atoms with van der Waals surface area (Å²) >= 11 is 0. The molecule has 0 atom stereocenters. The highest BCUT2D eigenvalue weighted by atomic mass is 15.0. The van der Waals surface area contributed by atoms with Crippen molar-refractivity contribution in [1.82, 2.24) is 9.55 Å². The summed E-state index contributed by atoms with van der Waals surface area (Å²) in [5, 5.41) is 1.25. The van der Waals surface area contributed by atoms with Crippen molar-refractivity contribution in [3.63, 3.8) is 0 Å². The highest BCUT2D eigenvalue weighted by molar-refractivity contribution is 5.84. The number of nitrogens with zero attached hydrogens (tertiary/aromatic N) is 2. The van der Waals surface area contributed by atoms with Crippen LogP contribution in [0.25, 0.3) is 33.4 Å². The van der Waals surface area contributed by atoms with Crippen molar-refractivity contribution >= 4 is 16.5 Å². The molecule has 0 radical (unpaired) electrons. The fourth-order valence-electron chi connectivity index (χ4n) is 3.69. The smallest absolute Gasteiger partial charge is 0.0730 e. The zero-order valence-corrected chi connectivity index (χ0v) is 16.6. The summed E-state index contributed by atoms with van der Waals surface area (Å²) in [6, 6.07) is 25.5. The molecule has 138 valence electrons. The molecule has 0 aliphatic rings. The molecule has 2 heterocycles. The Labute approximate surface area is 166 Å². The van der Waals surface area contributed by atoms with E-state index < -0.39 is 0 Å². The molecule has 4 aromatic rings. The molecule has 0 fully saturated rings. The third kappa shape index (κ3) is 3.29. The minimum atomic E-state index is 0.981. The molecule has 0 N–H and O–H groups in total. The molecule has 0 saturated carbocycles. The van der Waals surface area contributed by atoms with Gasteiger partial charge in [-0.3, -0.25) is 0 Å². The minimum Gasteiger partial charge on any atom is -0.314 e. The number of pyridine rings is 1. The predicted octanol–water partition coefficient (Wildman–Crippen LogP) is 6.98. The van der Waals surface area contributed by atoms with E-state index in [0.29, 0.717) is 0 Å². The molecule has 0 aliphatic heterocycles. The molecule has 0 saturated heterocycles. The summed E-state index contributed by atoms with van der Waals surface area (Å²) in [6.07, 6.45) is 6.28. The molecule has 0 unspecified atom stereocenters. The van der Waals surface area contributed by atoms with Gasteiger partial charge in [0.05, 0.1) is 22.6 Å². The Morgan fingerprint density at radius 3 is 2.39 bits per heavy atom. The van der Waals surface area contributed by atoms with E-state index in [1.54, 1.807) is 0 Å². The first-order chi connectivity index (χ1) is 13.7. The molecule has 2 nitrogen and oxygen atoms in total. The molecule has 0 aliphatic carbocycles. The summed E-state index contributed by atoms with van der Waals surface area (Å²) in [6.45, 7) is 6.25. The lowest BCUT2D eigenvalue weighted by atomic mass is 10.1. The van der Waals surface area contributed by atoms with Crippen LogP contribution in [0.1, 0.15) is 25.2 Å². The average molecular weight is 364 g/mol. The number of aromatic nitrogens is 2. The van der Waals surface area contributed by atoms with Crippen LogP contribution in [0.2, 0.25) is 0 Å². The first-order valence-corrected chi connectivity index (χ1v) is 9.65. The Kier molecular flexibility index (Phi) is 4.94. The van der Waals surface area contributed by atoms with Gasteiger partial charge in [0.25, 0.3) is 0 Å². The van der Waals surface area contributed by atoms with Crippen LogP contribution < -0.4 is 0 Å². The van der Waals surface area contributed by atoms with Crippen LogP contribution in [-0.4, -0.2) is 9.55 Å². The van der Waals surface area contributed by atoms with Crippen LogP contribution in [-0.2, 0) is 0 Å². The highest BCUT2D eigenvalue weighted by Crippen LogP contribution is 2.29. The van der Waals surface area contributed by atoms with Gasteiger partial charge < -0.3 is 4.57 Å². The number of hydrogen-bond donors (Lipinski definition) is 0. The van der Waals surface area contributed by atoms with Gasteiger partial charge in [0, 0.05) is 16.6 Å². The zero-order valence-electron chi connectivity index (χ0n) is 16.6. The van der Waals surface area contributed by atoms with Gasteiger partial charge in [-0.05, 0) is 50.6 Å². The van der Waals surface area contributed by atoms with Crippen molar-refractivity contribution in [1.29, 1.82) is 0 Å². The van der Waals surface area contributed by atoms with Crippen molar-refractivity contribution in [2.45, 2.75) is 20.8 Å². The van der Waals surface area contributed by atoms with Gasteiger partial charge >= 0.3 is 0 Å². The van der Waals surface area contributed by atoms with Gasteiger partial charge in [-0.15, -0.1) is 0 Å². The Morgan fingerprint density at radius 1 is 0.893 bits per heavy atom. The lowest BCUT2D eigenvalue weighted by molar-refractivity contribution is 1.04. The number of para-hydroxylation sites is 1. The van der Waals surface area contributed by atoms with Crippen LogP contribution in [0.4, 0.5) is 0 Å². The second kappa shape index (κ2) is 7.69. The second-order valence-electron chi connectivity index (χ2n) is 6.89. The van der Waals surface area contributed by atoms with Crippen LogP contribution in [0.15, 0.2) is 91.0 Å². The van der Waals surface area contributed by atoms with E-state index in [-0.39, 0.29) is 0 Å². The maximum absolute atomic E-state index is 4.98. The Balaban J connectivity index is 2.00. The quantitative estimate of drug-likeness (QED) is 0.357. The van der Waals surface area contributed by atoms with Crippen molar-refractivity contribution in [2.24, 2.45) is 0 Å². The maximum Gasteiger partial charge on any atom is 0.0730 e. The van der Waals surface area contributed by atoms with Gasteiger partial charge in [0.1, 0.15) is 0 Å². The summed E-state index contributed by atoms with van der Waals surface area (Å²) < 4.78 is 2.32. The molecule has 2 heteroatoms. The van der Waals surface area contributed by atoms with E-state index in [2.05, 4.69) is 103 Å². The highest BCUT2D eigenvalue weighted by Gasteiger charge is 2.12. The number of rotatable bonds is 4. The fraction of sp³-hybridized carbons (Fsp3) is 0.115. The van der Waals surface area contributed by atoms with E-state index in [4.69, 9.17) is 4.98 Å². The van der Waals surface area contributed by atoms with Gasteiger partial charge in [-0.2, -0.15) is 0 Å². The van der Waals surface area contributed by atoms with Crippen molar-refractivity contribution in [3.8, 4) is 16.9 Å². The van der Waals surface area contributed by atoms with Gasteiger partial charge in [-0.1, -0.05) is 66.8 Å². The molecule has 0 spiro atoms. The number of hydrogen-bond acceptors (Lipinski definition) is 1. The molecule has 0 bridgehead atoms. The van der Waals surface area contributed by atoms with Crippen LogP contribution in [0, 0.1) is 6.92 Å². The standard InChI is InChI=1S/C26H24N2/c1-4-11-20(5-2)24-17-23(18-25(27-24)21-12-7-6-8-13-21)28-19(3)16-22-14-9-10-15-26(22)28/h4-18H,1-3H3/b11-4-,20-5+. The lowest BCUT2D eigenvalue weighted by Crippen LogP contribution is -2.01. The molecule has 4 rings (SSSR count). The van der Waals surface area contributed by atoms with Crippen LogP contribution >= 0.6 is 0 Å². The van der Waals surface area contributed by atoms with Gasteiger partial charge in [0.2, 0.25) is 0 Å². The predicted molar refractivity (Wildman–Crippen MR) is 120 cm³/mol.